The van der Waals surface area contributed by atoms with Crippen molar-refractivity contribution in [2.24, 2.45) is 5.92 Å². The van der Waals surface area contributed by atoms with E-state index in [-0.39, 0.29) is 24.2 Å². The van der Waals surface area contributed by atoms with Crippen molar-refractivity contribution in [2.45, 2.75) is 50.3 Å². The lowest BCUT2D eigenvalue weighted by atomic mass is 9.70. The van der Waals surface area contributed by atoms with Crippen molar-refractivity contribution in [3.63, 3.8) is 0 Å². The van der Waals surface area contributed by atoms with Crippen LogP contribution in [0.1, 0.15) is 43.7 Å². The normalized spacial score (nSPS) is 25.2. The maximum atomic E-state index is 14.6. The van der Waals surface area contributed by atoms with Crippen LogP contribution >= 0.6 is 0 Å². The van der Waals surface area contributed by atoms with Gasteiger partial charge in [0.05, 0.1) is 6.54 Å². The summed E-state index contributed by atoms with van der Waals surface area (Å²) in [5, 5.41) is 0. The minimum absolute atomic E-state index is 0.0736. The second kappa shape index (κ2) is 9.26. The van der Waals surface area contributed by atoms with E-state index >= 15 is 0 Å². The summed E-state index contributed by atoms with van der Waals surface area (Å²) in [5.74, 6) is -0.0402. The molecule has 1 unspecified atom stereocenters. The van der Waals surface area contributed by atoms with Gasteiger partial charge in [0, 0.05) is 37.4 Å². The number of amides is 2. The maximum absolute atomic E-state index is 14.6. The number of carbonyl (C=O) groups excluding carboxylic acids is 2. The van der Waals surface area contributed by atoms with Gasteiger partial charge in [-0.1, -0.05) is 48.5 Å². The quantitative estimate of drug-likeness (QED) is 0.653. The molecule has 3 aliphatic heterocycles. The molecule has 0 aromatic heterocycles. The number of rotatable bonds is 4. The van der Waals surface area contributed by atoms with Crippen LogP contribution in [0.4, 0.5) is 9.18 Å². The average molecular weight is 480 g/mol. The minimum atomic E-state index is -0.795. The Morgan fingerprint density at radius 2 is 1.63 bits per heavy atom. The van der Waals surface area contributed by atoms with Gasteiger partial charge in [0.1, 0.15) is 17.0 Å². The van der Waals surface area contributed by atoms with Crippen LogP contribution < -0.4 is 0 Å². The Morgan fingerprint density at radius 1 is 1.00 bits per heavy atom. The lowest BCUT2D eigenvalue weighted by Gasteiger charge is -2.48. The first-order valence-corrected chi connectivity index (χ1v) is 12.6. The van der Waals surface area contributed by atoms with Crippen molar-refractivity contribution in [1.29, 1.82) is 0 Å². The van der Waals surface area contributed by atoms with Gasteiger partial charge in [-0.3, -0.25) is 9.69 Å². The second-order valence-corrected chi connectivity index (χ2v) is 10.4. The van der Waals surface area contributed by atoms with E-state index in [0.29, 0.717) is 31.5 Å². The molecule has 2 amide bonds. The molecule has 3 saturated heterocycles. The molecule has 6 nitrogen and oxygen atoms in total. The first-order valence-electron chi connectivity index (χ1n) is 12.6. The number of hydrogen-bond acceptors (Lipinski definition) is 4. The fourth-order valence-electron chi connectivity index (χ4n) is 6.14. The van der Waals surface area contributed by atoms with E-state index in [1.165, 1.54) is 6.07 Å². The molecule has 35 heavy (non-hydrogen) atoms. The summed E-state index contributed by atoms with van der Waals surface area (Å²) in [6.07, 6.45) is 2.45. The Morgan fingerprint density at radius 3 is 2.29 bits per heavy atom. The van der Waals surface area contributed by atoms with Crippen LogP contribution in [0.5, 0.6) is 0 Å². The molecule has 0 aliphatic carbocycles. The summed E-state index contributed by atoms with van der Waals surface area (Å²) in [4.78, 5) is 32.5. The summed E-state index contributed by atoms with van der Waals surface area (Å²) in [6, 6.07) is 16.4. The number of nitrogens with zero attached hydrogens (tertiary/aromatic N) is 3. The SMILES string of the molecule is CN1CCC(C(=O)N2CCC3(CC2)OC(=O)N(Cc2ccccc2F)C3(C)c2ccccc2)CC1. The molecule has 2 aromatic rings. The van der Waals surface area contributed by atoms with Crippen molar-refractivity contribution in [3.05, 3.63) is 71.5 Å². The van der Waals surface area contributed by atoms with Crippen LogP contribution in [0.3, 0.4) is 0 Å². The van der Waals surface area contributed by atoms with Gasteiger partial charge in [0.2, 0.25) is 5.91 Å². The first kappa shape index (κ1) is 23.8. The van der Waals surface area contributed by atoms with Gasteiger partial charge in [-0.2, -0.15) is 0 Å². The van der Waals surface area contributed by atoms with Gasteiger partial charge in [0.15, 0.2) is 0 Å². The molecule has 0 radical (unpaired) electrons. The van der Waals surface area contributed by atoms with Crippen molar-refractivity contribution in [1.82, 2.24) is 14.7 Å². The number of ether oxygens (including phenoxy) is 1. The molecule has 7 heteroatoms. The molecular weight excluding hydrogens is 445 g/mol. The van der Waals surface area contributed by atoms with E-state index in [1.54, 1.807) is 23.1 Å². The average Bonchev–Trinajstić information content (AvgIpc) is 3.08. The molecule has 3 aliphatic rings. The number of benzene rings is 2. The molecule has 3 heterocycles. The first-order chi connectivity index (χ1) is 16.8. The summed E-state index contributed by atoms with van der Waals surface area (Å²) < 4.78 is 20.8. The smallest absolute Gasteiger partial charge is 0.411 e. The summed E-state index contributed by atoms with van der Waals surface area (Å²) in [7, 11) is 2.09. The summed E-state index contributed by atoms with van der Waals surface area (Å²) >= 11 is 0. The Kier molecular flexibility index (Phi) is 6.30. The third-order valence-corrected chi connectivity index (χ3v) is 8.50. The Balaban J connectivity index is 1.42. The number of carbonyl (C=O) groups is 2. The van der Waals surface area contributed by atoms with Crippen LogP contribution in [0.2, 0.25) is 0 Å². The Labute approximate surface area is 206 Å². The van der Waals surface area contributed by atoms with Gasteiger partial charge in [0.25, 0.3) is 0 Å². The largest absolute Gasteiger partial charge is 0.440 e. The van der Waals surface area contributed by atoms with E-state index in [0.717, 1.165) is 31.5 Å². The van der Waals surface area contributed by atoms with E-state index in [9.17, 15) is 14.0 Å². The number of likely N-dealkylation sites (tertiary alicyclic amines) is 2. The molecular formula is C28H34FN3O3. The third kappa shape index (κ3) is 4.10. The van der Waals surface area contributed by atoms with E-state index in [4.69, 9.17) is 4.74 Å². The predicted molar refractivity (Wildman–Crippen MR) is 131 cm³/mol. The van der Waals surface area contributed by atoms with Crippen LogP contribution in [0, 0.1) is 11.7 Å². The van der Waals surface area contributed by atoms with Crippen molar-refractivity contribution in [2.75, 3.05) is 33.2 Å². The van der Waals surface area contributed by atoms with Crippen molar-refractivity contribution < 1.29 is 18.7 Å². The van der Waals surface area contributed by atoms with E-state index in [2.05, 4.69) is 11.9 Å². The fraction of sp³-hybridized carbons (Fsp3) is 0.500. The zero-order valence-corrected chi connectivity index (χ0v) is 20.6. The Hall–Kier alpha value is -2.93. The number of halogens is 1. The lowest BCUT2D eigenvalue weighted by Crippen LogP contribution is -2.59. The standard InChI is InChI=1S/C28H34FN3O3/c1-27(23-9-4-3-5-10-23)28(35-26(34)32(27)20-22-8-6-7-11-24(22)29)14-18-31(19-15-28)25(33)21-12-16-30(2)17-13-21/h3-11,21H,12-20H2,1-2H3. The number of hydrogen-bond donors (Lipinski definition) is 0. The molecule has 0 saturated carbocycles. The van der Waals surface area contributed by atoms with Gasteiger partial charge in [-0.15, -0.1) is 0 Å². The van der Waals surface area contributed by atoms with Gasteiger partial charge >= 0.3 is 6.09 Å². The molecule has 2 aromatic carbocycles. The minimum Gasteiger partial charge on any atom is -0.440 e. The van der Waals surface area contributed by atoms with E-state index < -0.39 is 17.2 Å². The van der Waals surface area contributed by atoms with Crippen LogP contribution in [0.15, 0.2) is 54.6 Å². The summed E-state index contributed by atoms with van der Waals surface area (Å²) in [6.45, 7) is 5.15. The molecule has 0 bridgehead atoms. The van der Waals surface area contributed by atoms with Crippen LogP contribution in [0.25, 0.3) is 0 Å². The zero-order chi connectivity index (χ0) is 24.6. The maximum Gasteiger partial charge on any atom is 0.411 e. The monoisotopic (exact) mass is 479 g/mol. The molecule has 0 N–H and O–H groups in total. The number of piperidine rings is 2. The van der Waals surface area contributed by atoms with Gasteiger partial charge in [-0.25, -0.2) is 9.18 Å². The molecule has 1 atom stereocenters. The van der Waals surface area contributed by atoms with Crippen LogP contribution in [-0.2, 0) is 21.6 Å². The topological polar surface area (TPSA) is 53.1 Å². The second-order valence-electron chi connectivity index (χ2n) is 10.4. The lowest BCUT2D eigenvalue weighted by molar-refractivity contribution is -0.142. The molecule has 1 spiro atoms. The molecule has 186 valence electrons. The van der Waals surface area contributed by atoms with Crippen molar-refractivity contribution in [3.8, 4) is 0 Å². The van der Waals surface area contributed by atoms with Gasteiger partial charge in [-0.05, 0) is 51.5 Å². The van der Waals surface area contributed by atoms with Gasteiger partial charge < -0.3 is 14.5 Å². The fourth-order valence-corrected chi connectivity index (χ4v) is 6.14. The highest BCUT2D eigenvalue weighted by atomic mass is 19.1. The highest BCUT2D eigenvalue weighted by molar-refractivity contribution is 5.79. The third-order valence-electron chi connectivity index (χ3n) is 8.50. The highest BCUT2D eigenvalue weighted by Crippen LogP contribution is 2.52. The molecule has 5 rings (SSSR count). The van der Waals surface area contributed by atoms with Crippen LogP contribution in [-0.4, -0.2) is 65.5 Å². The highest BCUT2D eigenvalue weighted by Gasteiger charge is 2.64. The zero-order valence-electron chi connectivity index (χ0n) is 20.6. The predicted octanol–water partition coefficient (Wildman–Crippen LogP) is 4.40. The summed E-state index contributed by atoms with van der Waals surface area (Å²) in [5.41, 5.74) is -0.174. The van der Waals surface area contributed by atoms with E-state index in [1.807, 2.05) is 42.2 Å². The van der Waals surface area contributed by atoms with Crippen molar-refractivity contribution >= 4 is 12.0 Å². The molecule has 3 fully saturated rings. The Bertz CT molecular complexity index is 1080.